The van der Waals surface area contributed by atoms with Gasteiger partial charge in [-0.1, -0.05) is 53.4 Å². The molecule has 0 aliphatic rings. The molecule has 0 aromatic rings. The van der Waals surface area contributed by atoms with Crippen molar-refractivity contribution in [2.45, 2.75) is 79.1 Å². The van der Waals surface area contributed by atoms with Gasteiger partial charge in [0.05, 0.1) is 26.2 Å². The molecule has 2 nitrogen and oxygen atoms in total. The molecular formula is C16H40NOP. The van der Waals surface area contributed by atoms with Gasteiger partial charge >= 0.3 is 0 Å². The van der Waals surface area contributed by atoms with E-state index in [1.165, 1.54) is 82.0 Å². The highest BCUT2D eigenvalue weighted by Crippen LogP contribution is 2.16. The summed E-state index contributed by atoms with van der Waals surface area (Å²) in [6.45, 7) is 15.0. The van der Waals surface area contributed by atoms with Crippen LogP contribution in [0.2, 0.25) is 0 Å². The maximum absolute atomic E-state index is 2.33. The lowest BCUT2D eigenvalue weighted by Gasteiger charge is -2.39. The second-order valence-electron chi connectivity index (χ2n) is 5.65. The molecule has 0 spiro atoms. The van der Waals surface area contributed by atoms with E-state index in [1.807, 2.05) is 0 Å². The van der Waals surface area contributed by atoms with E-state index in [0.717, 1.165) is 0 Å². The zero-order valence-electron chi connectivity index (χ0n) is 14.1. The minimum Gasteiger partial charge on any atom is -0.870 e. The fourth-order valence-corrected chi connectivity index (χ4v) is 2.64. The Morgan fingerprint density at radius 2 is 0.737 bits per heavy atom. The predicted molar refractivity (Wildman–Crippen MR) is 92.4 cm³/mol. The van der Waals surface area contributed by atoms with E-state index in [1.54, 1.807) is 0 Å². The zero-order valence-corrected chi connectivity index (χ0v) is 15.5. The van der Waals surface area contributed by atoms with E-state index in [2.05, 4.69) is 27.7 Å². The number of quaternary nitrogens is 1. The van der Waals surface area contributed by atoms with Crippen molar-refractivity contribution in [2.75, 3.05) is 26.2 Å². The first kappa shape index (κ1) is 24.4. The Labute approximate surface area is 125 Å². The highest BCUT2D eigenvalue weighted by molar-refractivity contribution is 6.92. The average Bonchev–Trinajstić information content (AvgIpc) is 2.37. The van der Waals surface area contributed by atoms with E-state index < -0.39 is 0 Å². The van der Waals surface area contributed by atoms with Gasteiger partial charge in [0.2, 0.25) is 0 Å². The van der Waals surface area contributed by atoms with Crippen LogP contribution in [-0.2, 0) is 0 Å². The number of rotatable bonds is 12. The highest BCUT2D eigenvalue weighted by atomic mass is 31.0. The monoisotopic (exact) mass is 293 g/mol. The molecule has 0 saturated heterocycles. The standard InChI is InChI=1S/C16H36N.H2O.H3P/c1-5-9-13-17(14-10-6-2,15-11-7-3)16-12-8-4;;/h5-16H2,1-4H3;1H2;1H3/q+1;;/p-1. The van der Waals surface area contributed by atoms with Gasteiger partial charge in [0.25, 0.3) is 0 Å². The van der Waals surface area contributed by atoms with Crippen molar-refractivity contribution in [1.82, 2.24) is 0 Å². The summed E-state index contributed by atoms with van der Waals surface area (Å²) in [6, 6.07) is 0. The van der Waals surface area contributed by atoms with Crippen LogP contribution in [0.1, 0.15) is 79.1 Å². The molecule has 3 heteroatoms. The van der Waals surface area contributed by atoms with E-state index >= 15 is 0 Å². The Morgan fingerprint density at radius 1 is 0.526 bits per heavy atom. The van der Waals surface area contributed by atoms with Crippen LogP contribution in [-0.4, -0.2) is 36.1 Å². The second-order valence-corrected chi connectivity index (χ2v) is 5.65. The predicted octanol–water partition coefficient (Wildman–Crippen LogP) is 4.88. The Bertz CT molecular complexity index is 127. The third kappa shape index (κ3) is 11.8. The molecule has 0 radical (unpaired) electrons. The topological polar surface area (TPSA) is 30.0 Å². The SMILES string of the molecule is CCCC[N+](CCCC)(CCCC)CCCC.P.[OH-]. The smallest absolute Gasteiger partial charge is 0.0786 e. The van der Waals surface area contributed by atoms with Crippen molar-refractivity contribution in [1.29, 1.82) is 0 Å². The lowest BCUT2D eigenvalue weighted by Crippen LogP contribution is -2.50. The van der Waals surface area contributed by atoms with Crippen molar-refractivity contribution in [2.24, 2.45) is 0 Å². The molecule has 0 fully saturated rings. The van der Waals surface area contributed by atoms with Crippen molar-refractivity contribution < 1.29 is 9.96 Å². The van der Waals surface area contributed by atoms with Crippen molar-refractivity contribution >= 4 is 9.90 Å². The van der Waals surface area contributed by atoms with Crippen LogP contribution in [0.3, 0.4) is 0 Å². The summed E-state index contributed by atoms with van der Waals surface area (Å²) in [4.78, 5) is 0. The zero-order chi connectivity index (χ0) is 13.0. The molecule has 0 bridgehead atoms. The third-order valence-corrected chi connectivity index (χ3v) is 3.94. The molecule has 0 rings (SSSR count). The first-order valence-electron chi connectivity index (χ1n) is 8.09. The molecule has 0 saturated carbocycles. The van der Waals surface area contributed by atoms with Gasteiger partial charge in [-0.15, -0.1) is 0 Å². The molecular weight excluding hydrogens is 253 g/mol. The third-order valence-electron chi connectivity index (χ3n) is 3.94. The summed E-state index contributed by atoms with van der Waals surface area (Å²) in [5.41, 5.74) is 0. The van der Waals surface area contributed by atoms with Crippen molar-refractivity contribution in [3.05, 3.63) is 0 Å². The van der Waals surface area contributed by atoms with Gasteiger partial charge < -0.3 is 9.96 Å². The molecule has 1 N–H and O–H groups in total. The van der Waals surface area contributed by atoms with Crippen LogP contribution in [0.4, 0.5) is 0 Å². The summed E-state index contributed by atoms with van der Waals surface area (Å²) in [6.07, 6.45) is 11.1. The summed E-state index contributed by atoms with van der Waals surface area (Å²) in [7, 11) is 0. The number of hydrogen-bond donors (Lipinski definition) is 0. The van der Waals surface area contributed by atoms with Crippen LogP contribution in [0.5, 0.6) is 0 Å². The molecule has 0 heterocycles. The van der Waals surface area contributed by atoms with Crippen LogP contribution >= 0.6 is 9.90 Å². The molecule has 19 heavy (non-hydrogen) atoms. The van der Waals surface area contributed by atoms with E-state index in [9.17, 15) is 0 Å². The van der Waals surface area contributed by atoms with Gasteiger partial charge in [0.15, 0.2) is 0 Å². The Kier molecular flexibility index (Phi) is 21.0. The van der Waals surface area contributed by atoms with E-state index in [0.29, 0.717) is 0 Å². The quantitative estimate of drug-likeness (QED) is 0.372. The molecule has 0 amide bonds. The average molecular weight is 293 g/mol. The van der Waals surface area contributed by atoms with Crippen molar-refractivity contribution in [3.63, 3.8) is 0 Å². The molecule has 0 aliphatic heterocycles. The van der Waals surface area contributed by atoms with Crippen LogP contribution in [0, 0.1) is 0 Å². The van der Waals surface area contributed by atoms with Gasteiger partial charge in [-0.3, -0.25) is 0 Å². The summed E-state index contributed by atoms with van der Waals surface area (Å²) < 4.78 is 1.42. The number of hydrogen-bond acceptors (Lipinski definition) is 1. The van der Waals surface area contributed by atoms with Crippen LogP contribution < -0.4 is 0 Å². The lowest BCUT2D eigenvalue weighted by atomic mass is 10.1. The van der Waals surface area contributed by atoms with Gasteiger partial charge in [-0.05, 0) is 25.7 Å². The van der Waals surface area contributed by atoms with Crippen molar-refractivity contribution in [3.8, 4) is 0 Å². The van der Waals surface area contributed by atoms with E-state index in [4.69, 9.17) is 0 Å². The van der Waals surface area contributed by atoms with Crippen LogP contribution in [0.25, 0.3) is 0 Å². The fraction of sp³-hybridized carbons (Fsp3) is 1.00. The minimum atomic E-state index is 0. The normalized spacial score (nSPS) is 10.7. The Hall–Kier alpha value is 0.350. The lowest BCUT2D eigenvalue weighted by molar-refractivity contribution is -0.929. The van der Waals surface area contributed by atoms with Gasteiger partial charge in [-0.25, -0.2) is 0 Å². The first-order valence-corrected chi connectivity index (χ1v) is 8.09. The number of unbranched alkanes of at least 4 members (excludes halogenated alkanes) is 4. The van der Waals surface area contributed by atoms with Gasteiger partial charge in [0, 0.05) is 0 Å². The Balaban J connectivity index is -0.00000128. The fourth-order valence-electron chi connectivity index (χ4n) is 2.64. The molecule has 1 unspecified atom stereocenters. The van der Waals surface area contributed by atoms with E-state index in [-0.39, 0.29) is 15.4 Å². The van der Waals surface area contributed by atoms with Gasteiger partial charge in [0.1, 0.15) is 0 Å². The second kappa shape index (κ2) is 16.4. The largest absolute Gasteiger partial charge is 0.870 e. The molecule has 120 valence electrons. The maximum Gasteiger partial charge on any atom is 0.0786 e. The summed E-state index contributed by atoms with van der Waals surface area (Å²) in [5.74, 6) is 0. The molecule has 1 atom stereocenters. The first-order chi connectivity index (χ1) is 8.24. The van der Waals surface area contributed by atoms with Crippen LogP contribution in [0.15, 0.2) is 0 Å². The molecule has 0 aromatic heterocycles. The maximum atomic E-state index is 2.33. The molecule has 0 aliphatic carbocycles. The number of nitrogens with zero attached hydrogens (tertiary/aromatic N) is 1. The molecule has 0 aromatic carbocycles. The summed E-state index contributed by atoms with van der Waals surface area (Å²) in [5, 5.41) is 0. The minimum absolute atomic E-state index is 0. The Morgan fingerprint density at radius 3 is 0.895 bits per heavy atom. The van der Waals surface area contributed by atoms with Gasteiger partial charge in [-0.2, -0.15) is 9.90 Å². The highest BCUT2D eigenvalue weighted by Gasteiger charge is 2.24. The summed E-state index contributed by atoms with van der Waals surface area (Å²) >= 11 is 0.